The molecule has 8 nitrogen and oxygen atoms in total. The molecule has 35 heavy (non-hydrogen) atoms. The first-order chi connectivity index (χ1) is 16.8. The summed E-state index contributed by atoms with van der Waals surface area (Å²) in [5.41, 5.74) is 1.65. The highest BCUT2D eigenvalue weighted by molar-refractivity contribution is 6.30. The molecule has 1 aromatic heterocycles. The Morgan fingerprint density at radius 3 is 2.43 bits per heavy atom. The molecule has 2 aromatic rings. The summed E-state index contributed by atoms with van der Waals surface area (Å²) in [5.74, 6) is 0.429. The van der Waals surface area contributed by atoms with Gasteiger partial charge in [0.25, 0.3) is 5.91 Å². The first-order valence-corrected chi connectivity index (χ1v) is 12.7. The highest BCUT2D eigenvalue weighted by Gasteiger charge is 2.37. The molecule has 188 valence electrons. The molecule has 0 unspecified atom stereocenters. The van der Waals surface area contributed by atoms with Crippen molar-refractivity contribution in [2.75, 3.05) is 38.2 Å². The minimum Gasteiger partial charge on any atom is -0.464 e. The molecule has 2 atom stereocenters. The second-order valence-corrected chi connectivity index (χ2v) is 9.88. The molecular formula is C26H34ClN5O3. The van der Waals surface area contributed by atoms with Gasteiger partial charge in [-0.25, -0.2) is 14.8 Å². The number of aryl methyl sites for hydroxylation is 1. The lowest BCUT2D eigenvalue weighted by Gasteiger charge is -2.50. The molecule has 0 bridgehead atoms. The number of nitrogens with zero attached hydrogens (tertiary/aromatic N) is 5. The Bertz CT molecular complexity index is 1060. The Morgan fingerprint density at radius 1 is 1.14 bits per heavy atom. The SMILES string of the molecule is CC[C@H]1CN(c2ncc(C(=O)OC)nc2C)[C@H](C)CN1C1CCN(C(=O)c2ccc(Cl)cc2)CC1. The molecule has 4 rings (SSSR count). The Labute approximate surface area is 212 Å². The van der Waals surface area contributed by atoms with E-state index in [0.717, 1.165) is 57.0 Å². The van der Waals surface area contributed by atoms with Crippen molar-refractivity contribution in [2.24, 2.45) is 0 Å². The number of ether oxygens (including phenoxy) is 1. The molecule has 0 N–H and O–H groups in total. The van der Waals surface area contributed by atoms with E-state index in [1.807, 2.05) is 11.8 Å². The lowest BCUT2D eigenvalue weighted by Crippen LogP contribution is -2.62. The van der Waals surface area contributed by atoms with Gasteiger partial charge in [-0.1, -0.05) is 18.5 Å². The molecule has 0 radical (unpaired) electrons. The van der Waals surface area contributed by atoms with Gasteiger partial charge < -0.3 is 14.5 Å². The third-order valence-corrected chi connectivity index (χ3v) is 7.51. The van der Waals surface area contributed by atoms with Crippen LogP contribution in [0.3, 0.4) is 0 Å². The number of amides is 1. The molecule has 0 saturated carbocycles. The summed E-state index contributed by atoms with van der Waals surface area (Å²) in [6.07, 6.45) is 4.46. The smallest absolute Gasteiger partial charge is 0.358 e. The van der Waals surface area contributed by atoms with Crippen LogP contribution in [0.5, 0.6) is 0 Å². The summed E-state index contributed by atoms with van der Waals surface area (Å²) in [4.78, 5) is 40.6. The fourth-order valence-electron chi connectivity index (χ4n) is 5.31. The van der Waals surface area contributed by atoms with Crippen molar-refractivity contribution in [3.05, 3.63) is 52.4 Å². The summed E-state index contributed by atoms with van der Waals surface area (Å²) >= 11 is 5.97. The summed E-state index contributed by atoms with van der Waals surface area (Å²) in [6, 6.07) is 8.22. The van der Waals surface area contributed by atoms with Crippen LogP contribution in [0.15, 0.2) is 30.5 Å². The number of halogens is 1. The number of anilines is 1. The Hall–Kier alpha value is -2.71. The van der Waals surface area contributed by atoms with Crippen LogP contribution in [-0.4, -0.2) is 83.1 Å². The topological polar surface area (TPSA) is 78.9 Å². The van der Waals surface area contributed by atoms with Gasteiger partial charge in [0.2, 0.25) is 0 Å². The molecule has 3 heterocycles. The van der Waals surface area contributed by atoms with Gasteiger partial charge in [-0.2, -0.15) is 0 Å². The van der Waals surface area contributed by atoms with Crippen LogP contribution in [0.2, 0.25) is 5.02 Å². The van der Waals surface area contributed by atoms with Crippen LogP contribution in [0.1, 0.15) is 59.7 Å². The van der Waals surface area contributed by atoms with E-state index in [1.54, 1.807) is 24.3 Å². The predicted molar refractivity (Wildman–Crippen MR) is 136 cm³/mol. The number of hydrogen-bond donors (Lipinski definition) is 0. The number of piperidine rings is 1. The molecule has 0 aliphatic carbocycles. The second-order valence-electron chi connectivity index (χ2n) is 9.45. The molecule has 1 amide bonds. The zero-order valence-corrected chi connectivity index (χ0v) is 21.7. The summed E-state index contributed by atoms with van der Waals surface area (Å²) in [6.45, 7) is 9.63. The zero-order valence-electron chi connectivity index (χ0n) is 20.9. The number of methoxy groups -OCH3 is 1. The highest BCUT2D eigenvalue weighted by Crippen LogP contribution is 2.29. The van der Waals surface area contributed by atoms with E-state index < -0.39 is 5.97 Å². The number of carbonyl (C=O) groups is 2. The molecule has 2 saturated heterocycles. The summed E-state index contributed by atoms with van der Waals surface area (Å²) in [5, 5.41) is 0.639. The van der Waals surface area contributed by atoms with Gasteiger partial charge in [0.1, 0.15) is 5.82 Å². The van der Waals surface area contributed by atoms with Crippen molar-refractivity contribution in [2.45, 2.75) is 58.2 Å². The Morgan fingerprint density at radius 2 is 1.83 bits per heavy atom. The average molecular weight is 500 g/mol. The van der Waals surface area contributed by atoms with Gasteiger partial charge in [0, 0.05) is 54.9 Å². The van der Waals surface area contributed by atoms with Crippen LogP contribution < -0.4 is 4.90 Å². The van der Waals surface area contributed by atoms with E-state index in [9.17, 15) is 9.59 Å². The maximum absolute atomic E-state index is 12.9. The molecule has 2 aliphatic rings. The number of likely N-dealkylation sites (tertiary alicyclic amines) is 1. The van der Waals surface area contributed by atoms with Gasteiger partial charge in [-0.05, 0) is 57.4 Å². The number of piperazine rings is 1. The number of hydrogen-bond acceptors (Lipinski definition) is 7. The van der Waals surface area contributed by atoms with Crippen LogP contribution in [-0.2, 0) is 4.74 Å². The van der Waals surface area contributed by atoms with Crippen LogP contribution >= 0.6 is 11.6 Å². The van der Waals surface area contributed by atoms with Crippen molar-refractivity contribution in [1.82, 2.24) is 19.8 Å². The fraction of sp³-hybridized carbons (Fsp3) is 0.538. The van der Waals surface area contributed by atoms with Crippen LogP contribution in [0, 0.1) is 6.92 Å². The van der Waals surface area contributed by atoms with Gasteiger partial charge in [-0.15, -0.1) is 0 Å². The Kier molecular flexibility index (Phi) is 7.91. The second kappa shape index (κ2) is 10.9. The fourth-order valence-corrected chi connectivity index (χ4v) is 5.43. The monoisotopic (exact) mass is 499 g/mol. The van der Waals surface area contributed by atoms with Gasteiger partial charge in [0.05, 0.1) is 19.0 Å². The zero-order chi connectivity index (χ0) is 25.1. The Balaban J connectivity index is 1.41. The lowest BCUT2D eigenvalue weighted by atomic mass is 9.96. The van der Waals surface area contributed by atoms with E-state index in [-0.39, 0.29) is 17.6 Å². The highest BCUT2D eigenvalue weighted by atomic mass is 35.5. The molecule has 0 spiro atoms. The number of carbonyl (C=O) groups excluding carboxylic acids is 2. The number of rotatable bonds is 5. The van der Waals surface area contributed by atoms with Crippen molar-refractivity contribution in [3.63, 3.8) is 0 Å². The molecule has 2 fully saturated rings. The molecule has 2 aliphatic heterocycles. The first-order valence-electron chi connectivity index (χ1n) is 12.3. The van der Waals surface area contributed by atoms with Crippen molar-refractivity contribution in [1.29, 1.82) is 0 Å². The van der Waals surface area contributed by atoms with Crippen LogP contribution in [0.4, 0.5) is 5.82 Å². The van der Waals surface area contributed by atoms with E-state index >= 15 is 0 Å². The van der Waals surface area contributed by atoms with Gasteiger partial charge >= 0.3 is 5.97 Å². The van der Waals surface area contributed by atoms with E-state index in [1.165, 1.54) is 13.3 Å². The molecule has 9 heteroatoms. The molecule has 1 aromatic carbocycles. The summed E-state index contributed by atoms with van der Waals surface area (Å²) < 4.78 is 4.77. The predicted octanol–water partition coefficient (Wildman–Crippen LogP) is 3.82. The molecular weight excluding hydrogens is 466 g/mol. The third-order valence-electron chi connectivity index (χ3n) is 7.25. The average Bonchev–Trinajstić information content (AvgIpc) is 2.88. The van der Waals surface area contributed by atoms with E-state index in [2.05, 4.69) is 33.6 Å². The van der Waals surface area contributed by atoms with Gasteiger partial charge in [0.15, 0.2) is 5.69 Å². The maximum atomic E-state index is 12.9. The lowest BCUT2D eigenvalue weighted by molar-refractivity contribution is 0.0434. The normalized spacial score (nSPS) is 21.7. The quantitative estimate of drug-likeness (QED) is 0.578. The number of benzene rings is 1. The minimum absolute atomic E-state index is 0.0785. The first kappa shape index (κ1) is 25.4. The maximum Gasteiger partial charge on any atom is 0.358 e. The minimum atomic E-state index is -0.475. The summed E-state index contributed by atoms with van der Waals surface area (Å²) in [7, 11) is 1.35. The third kappa shape index (κ3) is 5.43. The van der Waals surface area contributed by atoms with Crippen molar-refractivity contribution < 1.29 is 14.3 Å². The van der Waals surface area contributed by atoms with E-state index in [0.29, 0.717) is 22.7 Å². The van der Waals surface area contributed by atoms with Crippen molar-refractivity contribution in [3.8, 4) is 0 Å². The number of aromatic nitrogens is 2. The van der Waals surface area contributed by atoms with Crippen molar-refractivity contribution >= 4 is 29.3 Å². The standard InChI is InChI=1S/C26H34ClN5O3/c1-5-21-16-31(24-18(3)29-23(14-28-24)26(34)35-4)17(2)15-32(21)22-10-12-30(13-11-22)25(33)19-6-8-20(27)9-7-19/h6-9,14,17,21-22H,5,10-13,15-16H2,1-4H3/t17-,21+/m1/s1. The van der Waals surface area contributed by atoms with E-state index in [4.69, 9.17) is 16.3 Å². The largest absolute Gasteiger partial charge is 0.464 e. The van der Waals surface area contributed by atoms with Gasteiger partial charge in [-0.3, -0.25) is 9.69 Å². The van der Waals surface area contributed by atoms with Crippen LogP contribution in [0.25, 0.3) is 0 Å². The number of esters is 1.